The molecule has 3 nitrogen and oxygen atoms in total. The summed E-state index contributed by atoms with van der Waals surface area (Å²) in [6, 6.07) is 8.43. The van der Waals surface area contributed by atoms with E-state index in [2.05, 4.69) is 5.32 Å². The van der Waals surface area contributed by atoms with Gasteiger partial charge < -0.3 is 5.32 Å². The number of hydrogen-bond acceptors (Lipinski definition) is 2. The smallest absolute Gasteiger partial charge is 0.266 e. The van der Waals surface area contributed by atoms with Crippen LogP contribution in [0.5, 0.6) is 0 Å². The van der Waals surface area contributed by atoms with E-state index >= 15 is 0 Å². The van der Waals surface area contributed by atoms with Crippen molar-refractivity contribution in [2.24, 2.45) is 0 Å². The molecule has 2 aromatic rings. The van der Waals surface area contributed by atoms with E-state index in [4.69, 9.17) is 16.9 Å². The summed E-state index contributed by atoms with van der Waals surface area (Å²) in [5, 5.41) is 11.1. The van der Waals surface area contributed by atoms with Gasteiger partial charge in [-0.25, -0.2) is 13.2 Å². The molecule has 0 atom stereocenters. The number of carbonyl (C=O) groups is 1. The van der Waals surface area contributed by atoms with Crippen LogP contribution in [0.15, 0.2) is 42.0 Å². The van der Waals surface area contributed by atoms with Gasteiger partial charge in [0, 0.05) is 11.3 Å². The molecule has 0 heterocycles. The van der Waals surface area contributed by atoms with Gasteiger partial charge in [-0.15, -0.1) is 0 Å². The monoisotopic (exact) mass is 336 g/mol. The Balaban J connectivity index is 2.28. The molecule has 0 saturated carbocycles. The number of nitrogens with one attached hydrogen (secondary N) is 1. The lowest BCUT2D eigenvalue weighted by Crippen LogP contribution is -2.13. The SMILES string of the molecule is N#C/C(=C/c1cccc(F)c1F)C(=O)Nc1ccc(F)c(Cl)c1. The lowest BCUT2D eigenvalue weighted by atomic mass is 10.1. The van der Waals surface area contributed by atoms with Crippen molar-refractivity contribution in [3.63, 3.8) is 0 Å². The molecule has 0 radical (unpaired) electrons. The van der Waals surface area contributed by atoms with Gasteiger partial charge in [0.1, 0.15) is 17.5 Å². The predicted octanol–water partition coefficient (Wildman–Crippen LogP) is 4.30. The summed E-state index contributed by atoms with van der Waals surface area (Å²) in [7, 11) is 0. The van der Waals surface area contributed by atoms with Crippen LogP contribution in [0.1, 0.15) is 5.56 Å². The lowest BCUT2D eigenvalue weighted by Gasteiger charge is -2.05. The normalized spacial score (nSPS) is 11.0. The molecule has 1 N–H and O–H groups in total. The van der Waals surface area contributed by atoms with Gasteiger partial charge in [0.2, 0.25) is 0 Å². The van der Waals surface area contributed by atoms with Crippen molar-refractivity contribution in [3.8, 4) is 6.07 Å². The standard InChI is InChI=1S/C16H8ClF3N2O/c17-12-7-11(4-5-13(12)18)22-16(23)10(8-21)6-9-2-1-3-14(19)15(9)20/h1-7H,(H,22,23)/b10-6-. The highest BCUT2D eigenvalue weighted by Gasteiger charge is 2.13. The first-order valence-electron chi connectivity index (χ1n) is 6.24. The van der Waals surface area contributed by atoms with Crippen LogP contribution in [-0.2, 0) is 4.79 Å². The van der Waals surface area contributed by atoms with Crippen molar-refractivity contribution in [2.75, 3.05) is 5.32 Å². The molecule has 0 aliphatic rings. The number of nitriles is 1. The number of nitrogens with zero attached hydrogens (tertiary/aromatic N) is 1. The van der Waals surface area contributed by atoms with Gasteiger partial charge in [0.15, 0.2) is 11.6 Å². The molecule has 7 heteroatoms. The number of anilines is 1. The van der Waals surface area contributed by atoms with Gasteiger partial charge >= 0.3 is 0 Å². The Morgan fingerprint density at radius 3 is 2.57 bits per heavy atom. The van der Waals surface area contributed by atoms with Crippen molar-refractivity contribution in [2.45, 2.75) is 0 Å². The molecular formula is C16H8ClF3N2O. The quantitative estimate of drug-likeness (QED) is 0.671. The minimum atomic E-state index is -1.17. The summed E-state index contributed by atoms with van der Waals surface area (Å²) in [5.74, 6) is -3.79. The second-order valence-electron chi connectivity index (χ2n) is 4.40. The summed E-state index contributed by atoms with van der Waals surface area (Å²) < 4.78 is 39.7. The van der Waals surface area contributed by atoms with Gasteiger partial charge in [0.05, 0.1) is 5.02 Å². The van der Waals surface area contributed by atoms with Gasteiger partial charge in [0.25, 0.3) is 5.91 Å². The number of hydrogen-bond donors (Lipinski definition) is 1. The topological polar surface area (TPSA) is 52.9 Å². The van der Waals surface area contributed by atoms with E-state index in [1.54, 1.807) is 6.07 Å². The molecule has 23 heavy (non-hydrogen) atoms. The van der Waals surface area contributed by atoms with Crippen molar-refractivity contribution in [1.29, 1.82) is 5.26 Å². The number of rotatable bonds is 3. The zero-order valence-electron chi connectivity index (χ0n) is 11.4. The summed E-state index contributed by atoms with van der Waals surface area (Å²) in [6.45, 7) is 0. The maximum Gasteiger partial charge on any atom is 0.266 e. The highest BCUT2D eigenvalue weighted by Crippen LogP contribution is 2.20. The first-order valence-corrected chi connectivity index (χ1v) is 6.62. The number of benzene rings is 2. The van der Waals surface area contributed by atoms with Crippen molar-refractivity contribution in [1.82, 2.24) is 0 Å². The van der Waals surface area contributed by atoms with Crippen LogP contribution in [0.2, 0.25) is 5.02 Å². The summed E-state index contributed by atoms with van der Waals surface area (Å²) in [5.41, 5.74) is -0.536. The van der Waals surface area contributed by atoms with Crippen LogP contribution in [-0.4, -0.2) is 5.91 Å². The molecule has 1 amide bonds. The molecule has 0 unspecified atom stereocenters. The van der Waals surface area contributed by atoms with E-state index in [0.29, 0.717) is 0 Å². The highest BCUT2D eigenvalue weighted by molar-refractivity contribution is 6.31. The number of halogens is 4. The molecular weight excluding hydrogens is 329 g/mol. The fourth-order valence-electron chi connectivity index (χ4n) is 1.71. The van der Waals surface area contributed by atoms with Crippen molar-refractivity contribution in [3.05, 3.63) is 70.0 Å². The Hall–Kier alpha value is -2.78. The first-order chi connectivity index (χ1) is 10.9. The van der Waals surface area contributed by atoms with Crippen LogP contribution in [0.3, 0.4) is 0 Å². The second-order valence-corrected chi connectivity index (χ2v) is 4.80. The van der Waals surface area contributed by atoms with Gasteiger partial charge in [-0.2, -0.15) is 5.26 Å². The molecule has 2 rings (SSSR count). The molecule has 0 fully saturated rings. The third-order valence-electron chi connectivity index (χ3n) is 2.82. The number of carbonyl (C=O) groups excluding carboxylic acids is 1. The first kappa shape index (κ1) is 16.6. The van der Waals surface area contributed by atoms with Crippen LogP contribution < -0.4 is 5.32 Å². The average molecular weight is 337 g/mol. The van der Waals surface area contributed by atoms with Gasteiger partial charge in [-0.05, 0) is 30.3 Å². The Bertz CT molecular complexity index is 844. The van der Waals surface area contributed by atoms with E-state index in [1.807, 2.05) is 0 Å². The fourth-order valence-corrected chi connectivity index (χ4v) is 1.89. The van der Waals surface area contributed by atoms with Crippen LogP contribution in [0.25, 0.3) is 6.08 Å². The zero-order chi connectivity index (χ0) is 17.0. The van der Waals surface area contributed by atoms with E-state index < -0.39 is 28.9 Å². The van der Waals surface area contributed by atoms with Crippen molar-refractivity contribution >= 4 is 29.3 Å². The minimum Gasteiger partial charge on any atom is -0.321 e. The van der Waals surface area contributed by atoms with Crippen LogP contribution in [0, 0.1) is 28.8 Å². The molecule has 0 spiro atoms. The van der Waals surface area contributed by atoms with Crippen molar-refractivity contribution < 1.29 is 18.0 Å². The summed E-state index contributed by atoms with van der Waals surface area (Å²) in [6.07, 6.45) is 0.916. The fraction of sp³-hybridized carbons (Fsp3) is 0. The minimum absolute atomic E-state index is 0.155. The largest absolute Gasteiger partial charge is 0.321 e. The Morgan fingerprint density at radius 2 is 1.91 bits per heavy atom. The summed E-state index contributed by atoms with van der Waals surface area (Å²) in [4.78, 5) is 12.0. The van der Waals surface area contributed by atoms with E-state index in [-0.39, 0.29) is 16.3 Å². The average Bonchev–Trinajstić information content (AvgIpc) is 2.52. The maximum absolute atomic E-state index is 13.6. The van der Waals surface area contributed by atoms with E-state index in [1.165, 1.54) is 18.2 Å². The van der Waals surface area contributed by atoms with E-state index in [9.17, 15) is 18.0 Å². The Morgan fingerprint density at radius 1 is 1.17 bits per heavy atom. The summed E-state index contributed by atoms with van der Waals surface area (Å²) >= 11 is 5.58. The zero-order valence-corrected chi connectivity index (χ0v) is 12.2. The van der Waals surface area contributed by atoms with Crippen LogP contribution in [0.4, 0.5) is 18.9 Å². The molecule has 0 bridgehead atoms. The van der Waals surface area contributed by atoms with E-state index in [0.717, 1.165) is 24.3 Å². The highest BCUT2D eigenvalue weighted by atomic mass is 35.5. The Kier molecular flexibility index (Phi) is 5.04. The third kappa shape index (κ3) is 3.90. The Labute approximate surface area is 134 Å². The molecule has 2 aromatic carbocycles. The van der Waals surface area contributed by atoms with Crippen LogP contribution >= 0.6 is 11.6 Å². The lowest BCUT2D eigenvalue weighted by molar-refractivity contribution is -0.112. The van der Waals surface area contributed by atoms with Gasteiger partial charge in [-0.3, -0.25) is 4.79 Å². The molecule has 0 aromatic heterocycles. The maximum atomic E-state index is 13.6. The predicted molar refractivity (Wildman–Crippen MR) is 80.0 cm³/mol. The third-order valence-corrected chi connectivity index (χ3v) is 3.11. The molecule has 0 aliphatic heterocycles. The molecule has 116 valence electrons. The van der Waals surface area contributed by atoms with Gasteiger partial charge in [-0.1, -0.05) is 23.7 Å². The number of amides is 1. The molecule has 0 saturated heterocycles. The second kappa shape index (κ2) is 6.99. The molecule has 0 aliphatic carbocycles.